The van der Waals surface area contributed by atoms with Gasteiger partial charge in [-0.3, -0.25) is 0 Å². The number of para-hydroxylation sites is 1. The van der Waals surface area contributed by atoms with E-state index in [2.05, 4.69) is 0 Å². The number of aryl methyl sites for hydroxylation is 1. The monoisotopic (exact) mass is 244 g/mol. The number of anilines is 3. The molecule has 0 heterocycles. The van der Waals surface area contributed by atoms with Crippen molar-refractivity contribution in [1.82, 2.24) is 0 Å². The van der Waals surface area contributed by atoms with Gasteiger partial charge in [-0.05, 0) is 38.1 Å². The Kier molecular flexibility index (Phi) is 3.51. The van der Waals surface area contributed by atoms with Crippen LogP contribution in [0.3, 0.4) is 0 Å². The Morgan fingerprint density at radius 3 is 2.39 bits per heavy atom. The largest absolute Gasteiger partial charge is 0.395 e. The first-order chi connectivity index (χ1) is 8.63. The van der Waals surface area contributed by atoms with Crippen LogP contribution in [0.4, 0.5) is 21.5 Å². The zero-order valence-electron chi connectivity index (χ0n) is 10.7. The number of benzene rings is 2. The topological polar surface area (TPSA) is 29.3 Å². The lowest BCUT2D eigenvalue weighted by Gasteiger charge is -2.25. The molecular formula is C15H17FN2. The molecule has 2 aromatic carbocycles. The number of nitrogens with zero attached hydrogens (tertiary/aromatic N) is 1. The lowest BCUT2D eigenvalue weighted by molar-refractivity contribution is 0.632. The Bertz CT molecular complexity index is 535. The van der Waals surface area contributed by atoms with Crippen LogP contribution in [-0.4, -0.2) is 6.54 Å². The molecule has 3 heteroatoms. The first-order valence-electron chi connectivity index (χ1n) is 6.01. The van der Waals surface area contributed by atoms with E-state index >= 15 is 0 Å². The Morgan fingerprint density at radius 1 is 1.11 bits per heavy atom. The third kappa shape index (κ3) is 2.30. The van der Waals surface area contributed by atoms with Gasteiger partial charge in [-0.2, -0.15) is 0 Å². The molecule has 0 saturated carbocycles. The summed E-state index contributed by atoms with van der Waals surface area (Å²) >= 11 is 0. The molecule has 0 aliphatic carbocycles. The molecule has 0 atom stereocenters. The summed E-state index contributed by atoms with van der Waals surface area (Å²) in [6, 6.07) is 13.0. The summed E-state index contributed by atoms with van der Waals surface area (Å²) in [5, 5.41) is 0. The number of nitrogen functional groups attached to an aromatic ring is 1. The molecule has 0 fully saturated rings. The van der Waals surface area contributed by atoms with Crippen LogP contribution in [0.15, 0.2) is 42.5 Å². The van der Waals surface area contributed by atoms with Crippen molar-refractivity contribution in [3.05, 3.63) is 53.8 Å². The molecule has 0 aliphatic rings. The quantitative estimate of drug-likeness (QED) is 0.830. The van der Waals surface area contributed by atoms with Crippen molar-refractivity contribution in [2.24, 2.45) is 0 Å². The van der Waals surface area contributed by atoms with Gasteiger partial charge in [0.15, 0.2) is 0 Å². The van der Waals surface area contributed by atoms with Gasteiger partial charge in [0, 0.05) is 12.2 Å². The fourth-order valence-electron chi connectivity index (χ4n) is 1.98. The second-order valence-corrected chi connectivity index (χ2v) is 4.25. The van der Waals surface area contributed by atoms with Gasteiger partial charge >= 0.3 is 0 Å². The standard InChI is InChI=1S/C15H17FN2/c1-3-18(12-9-7-11(2)8-10-12)14-6-4-5-13(16)15(14)17/h4-10H,3,17H2,1-2H3. The molecule has 0 amide bonds. The Morgan fingerprint density at radius 2 is 1.78 bits per heavy atom. The van der Waals surface area contributed by atoms with Crippen LogP contribution in [0.2, 0.25) is 0 Å². The molecule has 0 unspecified atom stereocenters. The average molecular weight is 244 g/mol. The molecule has 0 radical (unpaired) electrons. The van der Waals surface area contributed by atoms with Crippen molar-refractivity contribution in [3.63, 3.8) is 0 Å². The van der Waals surface area contributed by atoms with Crippen molar-refractivity contribution in [2.75, 3.05) is 17.2 Å². The van der Waals surface area contributed by atoms with E-state index in [1.54, 1.807) is 6.07 Å². The van der Waals surface area contributed by atoms with Crippen LogP contribution >= 0.6 is 0 Å². The van der Waals surface area contributed by atoms with Crippen LogP contribution in [0.25, 0.3) is 0 Å². The van der Waals surface area contributed by atoms with Crippen LogP contribution in [0, 0.1) is 12.7 Å². The second kappa shape index (κ2) is 5.08. The van der Waals surface area contributed by atoms with Gasteiger partial charge in [0.25, 0.3) is 0 Å². The second-order valence-electron chi connectivity index (χ2n) is 4.25. The SMILES string of the molecule is CCN(c1ccc(C)cc1)c1cccc(F)c1N. The van der Waals surface area contributed by atoms with Crippen molar-refractivity contribution < 1.29 is 4.39 Å². The van der Waals surface area contributed by atoms with Gasteiger partial charge in [0.05, 0.1) is 11.4 Å². The molecule has 2 aromatic rings. The molecule has 94 valence electrons. The smallest absolute Gasteiger partial charge is 0.148 e. The summed E-state index contributed by atoms with van der Waals surface area (Å²) in [6.45, 7) is 4.79. The van der Waals surface area contributed by atoms with E-state index in [9.17, 15) is 4.39 Å². The number of hydrogen-bond donors (Lipinski definition) is 1. The number of nitrogens with two attached hydrogens (primary N) is 1. The fourth-order valence-corrected chi connectivity index (χ4v) is 1.98. The fraction of sp³-hybridized carbons (Fsp3) is 0.200. The van der Waals surface area contributed by atoms with Gasteiger partial charge in [0.1, 0.15) is 5.82 Å². The molecule has 0 spiro atoms. The summed E-state index contributed by atoms with van der Waals surface area (Å²) in [5.41, 5.74) is 8.92. The van der Waals surface area contributed by atoms with E-state index in [1.807, 2.05) is 49.1 Å². The molecule has 0 aromatic heterocycles. The molecule has 2 nitrogen and oxygen atoms in total. The summed E-state index contributed by atoms with van der Waals surface area (Å²) in [7, 11) is 0. The highest BCUT2D eigenvalue weighted by Gasteiger charge is 2.12. The molecule has 2 N–H and O–H groups in total. The maximum atomic E-state index is 13.5. The molecule has 0 aliphatic heterocycles. The van der Waals surface area contributed by atoms with Crippen molar-refractivity contribution in [3.8, 4) is 0 Å². The van der Waals surface area contributed by atoms with E-state index in [4.69, 9.17) is 5.73 Å². The van der Waals surface area contributed by atoms with Crippen molar-refractivity contribution >= 4 is 17.1 Å². The number of halogens is 1. The zero-order valence-corrected chi connectivity index (χ0v) is 10.7. The van der Waals surface area contributed by atoms with Crippen LogP contribution in [-0.2, 0) is 0 Å². The van der Waals surface area contributed by atoms with Gasteiger partial charge < -0.3 is 10.6 Å². The molecule has 2 rings (SSSR count). The normalized spacial score (nSPS) is 10.4. The maximum absolute atomic E-state index is 13.5. The molecular weight excluding hydrogens is 227 g/mol. The predicted molar refractivity (Wildman–Crippen MR) is 74.7 cm³/mol. The third-order valence-electron chi connectivity index (χ3n) is 2.98. The van der Waals surface area contributed by atoms with E-state index < -0.39 is 0 Å². The van der Waals surface area contributed by atoms with Crippen LogP contribution in [0.5, 0.6) is 0 Å². The van der Waals surface area contributed by atoms with Crippen LogP contribution < -0.4 is 10.6 Å². The Hall–Kier alpha value is -2.03. The van der Waals surface area contributed by atoms with E-state index in [0.29, 0.717) is 5.69 Å². The first-order valence-corrected chi connectivity index (χ1v) is 6.01. The van der Waals surface area contributed by atoms with E-state index in [-0.39, 0.29) is 11.5 Å². The highest BCUT2D eigenvalue weighted by molar-refractivity contribution is 5.75. The summed E-state index contributed by atoms with van der Waals surface area (Å²) in [5.74, 6) is -0.377. The predicted octanol–water partition coefficient (Wildman–Crippen LogP) is 3.87. The van der Waals surface area contributed by atoms with Crippen LogP contribution in [0.1, 0.15) is 12.5 Å². The average Bonchev–Trinajstić information content (AvgIpc) is 2.37. The van der Waals surface area contributed by atoms with E-state index in [1.165, 1.54) is 11.6 Å². The molecule has 0 saturated heterocycles. The number of hydrogen-bond acceptors (Lipinski definition) is 2. The maximum Gasteiger partial charge on any atom is 0.148 e. The van der Waals surface area contributed by atoms with Gasteiger partial charge in [0.2, 0.25) is 0 Å². The highest BCUT2D eigenvalue weighted by Crippen LogP contribution is 2.31. The van der Waals surface area contributed by atoms with E-state index in [0.717, 1.165) is 12.2 Å². The minimum absolute atomic E-state index is 0.194. The van der Waals surface area contributed by atoms with Crippen molar-refractivity contribution in [2.45, 2.75) is 13.8 Å². The Labute approximate surface area is 107 Å². The number of rotatable bonds is 3. The highest BCUT2D eigenvalue weighted by atomic mass is 19.1. The molecule has 18 heavy (non-hydrogen) atoms. The van der Waals surface area contributed by atoms with Gasteiger partial charge in [-0.15, -0.1) is 0 Å². The lowest BCUT2D eigenvalue weighted by Crippen LogP contribution is -2.17. The Balaban J connectivity index is 2.45. The summed E-state index contributed by atoms with van der Waals surface area (Å²) in [6.07, 6.45) is 0. The first kappa shape index (κ1) is 12.4. The summed E-state index contributed by atoms with van der Waals surface area (Å²) in [4.78, 5) is 2.00. The third-order valence-corrected chi connectivity index (χ3v) is 2.98. The van der Waals surface area contributed by atoms with Gasteiger partial charge in [-0.25, -0.2) is 4.39 Å². The lowest BCUT2D eigenvalue weighted by atomic mass is 10.1. The minimum atomic E-state index is -0.377. The minimum Gasteiger partial charge on any atom is -0.395 e. The zero-order chi connectivity index (χ0) is 13.1. The van der Waals surface area contributed by atoms with Gasteiger partial charge in [-0.1, -0.05) is 23.8 Å². The summed E-state index contributed by atoms with van der Waals surface area (Å²) < 4.78 is 13.5. The molecule has 0 bridgehead atoms. The van der Waals surface area contributed by atoms with Crippen molar-refractivity contribution in [1.29, 1.82) is 0 Å².